The van der Waals surface area contributed by atoms with Crippen LogP contribution in [-0.4, -0.2) is 85.0 Å². The summed E-state index contributed by atoms with van der Waals surface area (Å²) in [7, 11) is 0. The number of hydrogen-bond acceptors (Lipinski definition) is 8. The van der Waals surface area contributed by atoms with Crippen molar-refractivity contribution in [3.63, 3.8) is 0 Å². The topological polar surface area (TPSA) is 174 Å². The van der Waals surface area contributed by atoms with E-state index < -0.39 is 59.6 Å². The van der Waals surface area contributed by atoms with Crippen molar-refractivity contribution in [1.29, 1.82) is 0 Å². The number of aliphatic hydroxyl groups excluding tert-OH is 3. The minimum absolute atomic E-state index is 0.00454. The number of carboxylic acids is 2. The molecule has 1 heterocycles. The van der Waals surface area contributed by atoms with Crippen molar-refractivity contribution in [3.05, 3.63) is 11.6 Å². The van der Waals surface area contributed by atoms with Gasteiger partial charge in [-0.1, -0.05) is 53.2 Å². The Kier molecular flexibility index (Phi) is 7.99. The number of carbonyl (C=O) groups is 2. The van der Waals surface area contributed by atoms with Crippen LogP contribution in [0.5, 0.6) is 0 Å². The van der Waals surface area contributed by atoms with E-state index in [2.05, 4.69) is 47.6 Å². The summed E-state index contributed by atoms with van der Waals surface area (Å²) in [6.07, 6.45) is 0.636. The molecule has 1 saturated heterocycles. The number of hydrogen-bond donors (Lipinski definition) is 6. The third-order valence-electron chi connectivity index (χ3n) is 15.5. The molecule has 1 aliphatic heterocycles. The molecular formula is C36H56O10. The summed E-state index contributed by atoms with van der Waals surface area (Å²) in [6, 6.07) is 0. The van der Waals surface area contributed by atoms with E-state index in [-0.39, 0.29) is 39.6 Å². The molecule has 46 heavy (non-hydrogen) atoms. The molecule has 15 atom stereocenters. The maximum absolute atomic E-state index is 13.0. The largest absolute Gasteiger partial charge is 0.481 e. The highest BCUT2D eigenvalue weighted by Gasteiger charge is 2.71. The lowest BCUT2D eigenvalue weighted by molar-refractivity contribution is -0.324. The Hall–Kier alpha value is -1.56. The molecule has 6 N–H and O–H groups in total. The van der Waals surface area contributed by atoms with E-state index in [0.717, 1.165) is 37.7 Å². The summed E-state index contributed by atoms with van der Waals surface area (Å²) in [5.41, 5.74) is -1.71. The SMILES string of the molecule is C[C@H]1CC[C@]2(C(=O)O)CC[C@]3(C)C(=CC[C@@H]4[C@@]5(C)CC[C@H](O[C@@H]6O[C@H](C(=O)O)[C@@H](O)[C@H](O)[C@H]6O)C(C)(C)[C@@H]5CC[C@]43C)[C@@H]2[C@]1(C)O. The molecule has 0 radical (unpaired) electrons. The lowest BCUT2D eigenvalue weighted by Gasteiger charge is -2.72. The van der Waals surface area contributed by atoms with Crippen LogP contribution in [0.1, 0.15) is 106 Å². The van der Waals surface area contributed by atoms with E-state index in [0.29, 0.717) is 31.6 Å². The van der Waals surface area contributed by atoms with Crippen molar-refractivity contribution in [2.75, 3.05) is 0 Å². The highest BCUT2D eigenvalue weighted by Crippen LogP contribution is 2.76. The highest BCUT2D eigenvalue weighted by atomic mass is 16.7. The molecular weight excluding hydrogens is 592 g/mol. The molecule has 4 saturated carbocycles. The van der Waals surface area contributed by atoms with Gasteiger partial charge in [-0.15, -0.1) is 0 Å². The molecule has 5 aliphatic carbocycles. The van der Waals surface area contributed by atoms with Crippen molar-refractivity contribution < 1.29 is 49.7 Å². The van der Waals surface area contributed by atoms with Gasteiger partial charge in [0.1, 0.15) is 18.3 Å². The molecule has 6 rings (SSSR count). The quantitative estimate of drug-likeness (QED) is 0.192. The second-order valence-corrected chi connectivity index (χ2v) is 17.6. The zero-order chi connectivity index (χ0) is 34.0. The van der Waals surface area contributed by atoms with Crippen LogP contribution in [0.25, 0.3) is 0 Å². The molecule has 10 nitrogen and oxygen atoms in total. The fraction of sp³-hybridized carbons (Fsp3) is 0.889. The van der Waals surface area contributed by atoms with Crippen LogP contribution in [-0.2, 0) is 19.1 Å². The fourth-order valence-corrected chi connectivity index (χ4v) is 12.4. The van der Waals surface area contributed by atoms with E-state index in [1.807, 2.05) is 6.92 Å². The van der Waals surface area contributed by atoms with Crippen molar-refractivity contribution in [1.82, 2.24) is 0 Å². The minimum atomic E-state index is -1.77. The highest BCUT2D eigenvalue weighted by molar-refractivity contribution is 5.77. The summed E-state index contributed by atoms with van der Waals surface area (Å²) in [6.45, 7) is 15.4. The Balaban J connectivity index is 1.31. The average Bonchev–Trinajstić information content (AvgIpc) is 2.96. The number of aliphatic carboxylic acids is 2. The van der Waals surface area contributed by atoms with Gasteiger partial charge in [0.25, 0.3) is 0 Å². The lowest BCUT2D eigenvalue weighted by Crippen LogP contribution is -2.68. The standard InChI is InChI=1S/C36H56O10/c1-18-10-15-36(30(42)43)17-16-33(5)19(27(36)35(18,7)44)8-9-21-32(4)13-12-22(31(2,3)20(32)11-14-34(21,33)6)45-29-25(39)23(37)24(38)26(46-29)28(40)41/h8,18,20-27,29,37-39,44H,9-17H2,1-7H3,(H,40,41)(H,42,43)/t18-,20-,21+,22-,23-,24-,25+,26-,27+,29+,32-,33+,34+,35+,36-/m0/s1. The van der Waals surface area contributed by atoms with Gasteiger partial charge in [-0.05, 0) is 104 Å². The third-order valence-corrected chi connectivity index (χ3v) is 15.5. The first kappa shape index (κ1) is 34.3. The molecule has 10 heteroatoms. The van der Waals surface area contributed by atoms with Crippen LogP contribution in [0.4, 0.5) is 0 Å². The van der Waals surface area contributed by atoms with Crippen molar-refractivity contribution in [3.8, 4) is 0 Å². The Morgan fingerprint density at radius 2 is 1.52 bits per heavy atom. The summed E-state index contributed by atoms with van der Waals surface area (Å²) in [5, 5.41) is 63.5. The van der Waals surface area contributed by atoms with E-state index in [9.17, 15) is 40.2 Å². The molecule has 0 aromatic carbocycles. The summed E-state index contributed by atoms with van der Waals surface area (Å²) < 4.78 is 11.9. The van der Waals surface area contributed by atoms with Crippen molar-refractivity contribution in [2.45, 2.75) is 149 Å². The first-order valence-corrected chi connectivity index (χ1v) is 17.4. The van der Waals surface area contributed by atoms with E-state index in [1.54, 1.807) is 0 Å². The second-order valence-electron chi connectivity index (χ2n) is 17.6. The Bertz CT molecular complexity index is 1290. The van der Waals surface area contributed by atoms with Crippen LogP contribution >= 0.6 is 0 Å². The van der Waals surface area contributed by atoms with E-state index >= 15 is 0 Å². The van der Waals surface area contributed by atoms with Gasteiger partial charge in [-0.25, -0.2) is 4.79 Å². The number of aliphatic hydroxyl groups is 4. The van der Waals surface area contributed by atoms with Crippen LogP contribution in [0, 0.1) is 50.7 Å². The van der Waals surface area contributed by atoms with Gasteiger partial charge < -0.3 is 40.1 Å². The van der Waals surface area contributed by atoms with Crippen LogP contribution in [0.3, 0.4) is 0 Å². The fourth-order valence-electron chi connectivity index (χ4n) is 12.4. The van der Waals surface area contributed by atoms with E-state index in [1.165, 1.54) is 0 Å². The van der Waals surface area contributed by atoms with Gasteiger partial charge >= 0.3 is 11.9 Å². The summed E-state index contributed by atoms with van der Waals surface area (Å²) in [5.74, 6) is -2.07. The molecule has 0 amide bonds. The molecule has 6 aliphatic rings. The Morgan fingerprint density at radius 3 is 2.15 bits per heavy atom. The molecule has 5 fully saturated rings. The van der Waals surface area contributed by atoms with Gasteiger partial charge in [0.05, 0.1) is 17.1 Å². The predicted molar refractivity (Wildman–Crippen MR) is 167 cm³/mol. The predicted octanol–water partition coefficient (Wildman–Crippen LogP) is 4.12. The normalized spacial score (nSPS) is 54.7. The average molecular weight is 649 g/mol. The second kappa shape index (κ2) is 10.7. The molecule has 260 valence electrons. The number of fused-ring (bicyclic) bond motifs is 7. The maximum Gasteiger partial charge on any atom is 0.335 e. The van der Waals surface area contributed by atoms with Gasteiger partial charge in [0.15, 0.2) is 12.4 Å². The van der Waals surface area contributed by atoms with Crippen molar-refractivity contribution >= 4 is 11.9 Å². The maximum atomic E-state index is 13.0. The first-order valence-electron chi connectivity index (χ1n) is 17.4. The minimum Gasteiger partial charge on any atom is -0.481 e. The van der Waals surface area contributed by atoms with Crippen LogP contribution < -0.4 is 0 Å². The third kappa shape index (κ3) is 4.35. The van der Waals surface area contributed by atoms with Crippen LogP contribution in [0.2, 0.25) is 0 Å². The molecule has 0 unspecified atom stereocenters. The van der Waals surface area contributed by atoms with Gasteiger partial charge in [-0.2, -0.15) is 0 Å². The number of rotatable bonds is 4. The summed E-state index contributed by atoms with van der Waals surface area (Å²) in [4.78, 5) is 24.7. The van der Waals surface area contributed by atoms with Gasteiger partial charge in [0, 0.05) is 5.92 Å². The molecule has 0 bridgehead atoms. The number of ether oxygens (including phenoxy) is 2. The number of allylic oxidation sites excluding steroid dienone is 1. The molecule has 0 aromatic rings. The Morgan fingerprint density at radius 1 is 0.848 bits per heavy atom. The zero-order valence-electron chi connectivity index (χ0n) is 28.5. The molecule has 0 aromatic heterocycles. The zero-order valence-corrected chi connectivity index (χ0v) is 28.5. The smallest absolute Gasteiger partial charge is 0.335 e. The first-order chi connectivity index (χ1) is 21.2. The van der Waals surface area contributed by atoms with Crippen LogP contribution in [0.15, 0.2) is 11.6 Å². The van der Waals surface area contributed by atoms with E-state index in [4.69, 9.17) is 9.47 Å². The van der Waals surface area contributed by atoms with Crippen molar-refractivity contribution in [2.24, 2.45) is 50.7 Å². The van der Waals surface area contributed by atoms with Gasteiger partial charge in [0.2, 0.25) is 0 Å². The lowest BCUT2D eigenvalue weighted by atomic mass is 9.33. The Labute approximate surface area is 272 Å². The van der Waals surface area contributed by atoms with Gasteiger partial charge in [-0.3, -0.25) is 4.79 Å². The summed E-state index contributed by atoms with van der Waals surface area (Å²) >= 11 is 0. The number of carboxylic acid groups (broad SMARTS) is 2. The monoisotopic (exact) mass is 648 g/mol. The molecule has 0 spiro atoms.